The lowest BCUT2D eigenvalue weighted by Gasteiger charge is -2.06. The number of benzene rings is 1. The van der Waals surface area contributed by atoms with Crippen LogP contribution in [0, 0.1) is 0 Å². The quantitative estimate of drug-likeness (QED) is 0.750. The summed E-state index contributed by atoms with van der Waals surface area (Å²) in [6, 6.07) is 11.0. The van der Waals surface area contributed by atoms with Gasteiger partial charge < -0.3 is 5.32 Å². The maximum atomic E-state index is 12.2. The normalized spacial score (nSPS) is 10.4. The maximum Gasteiger partial charge on any atom is 0.276 e. The molecule has 1 amide bonds. The Morgan fingerprint density at radius 1 is 1.23 bits per heavy atom. The molecule has 0 aliphatic rings. The molecule has 3 aromatic rings. The molecule has 110 valence electrons. The fourth-order valence-corrected chi connectivity index (χ4v) is 2.33. The van der Waals surface area contributed by atoms with Crippen LogP contribution in [0.25, 0.3) is 5.82 Å². The van der Waals surface area contributed by atoms with Crippen molar-refractivity contribution in [1.29, 1.82) is 0 Å². The number of nitrogens with one attached hydrogen (secondary N) is 1. The summed E-state index contributed by atoms with van der Waals surface area (Å²) < 4.78 is 1.72. The molecule has 22 heavy (non-hydrogen) atoms. The zero-order valence-corrected chi connectivity index (χ0v) is 12.6. The Bertz CT molecular complexity index is 771. The first-order chi connectivity index (χ1) is 10.8. The van der Waals surface area contributed by atoms with Crippen LogP contribution < -0.4 is 5.32 Å². The molecule has 0 saturated carbocycles. The molecule has 3 rings (SSSR count). The van der Waals surface area contributed by atoms with Crippen LogP contribution in [0.4, 0.5) is 5.69 Å². The van der Waals surface area contributed by atoms with Crippen LogP contribution in [0.2, 0.25) is 0 Å². The van der Waals surface area contributed by atoms with E-state index in [0.29, 0.717) is 5.82 Å². The van der Waals surface area contributed by atoms with Gasteiger partial charge in [-0.3, -0.25) is 9.36 Å². The van der Waals surface area contributed by atoms with E-state index in [2.05, 4.69) is 20.5 Å². The van der Waals surface area contributed by atoms with Gasteiger partial charge >= 0.3 is 0 Å². The molecule has 6 nitrogen and oxygen atoms in total. The molecule has 0 unspecified atom stereocenters. The number of carbonyl (C=O) groups excluding carboxylic acids is 1. The van der Waals surface area contributed by atoms with Gasteiger partial charge in [0.25, 0.3) is 5.91 Å². The van der Waals surface area contributed by atoms with E-state index in [9.17, 15) is 4.79 Å². The molecule has 0 radical (unpaired) electrons. The SMILES string of the molecule is CSc1cccc(NC(=O)c2ccc(-n3ccnc3)nn2)c1. The van der Waals surface area contributed by atoms with Gasteiger partial charge in [-0.2, -0.15) is 0 Å². The molecule has 1 N–H and O–H groups in total. The second kappa shape index (κ2) is 6.40. The first-order valence-corrected chi connectivity index (χ1v) is 7.76. The van der Waals surface area contributed by atoms with Gasteiger partial charge in [-0.15, -0.1) is 22.0 Å². The lowest BCUT2D eigenvalue weighted by molar-refractivity contribution is 0.102. The Balaban J connectivity index is 1.74. The third kappa shape index (κ3) is 3.15. The predicted molar refractivity (Wildman–Crippen MR) is 85.3 cm³/mol. The van der Waals surface area contributed by atoms with Crippen molar-refractivity contribution in [2.75, 3.05) is 11.6 Å². The minimum Gasteiger partial charge on any atom is -0.321 e. The highest BCUT2D eigenvalue weighted by atomic mass is 32.2. The Morgan fingerprint density at radius 3 is 2.82 bits per heavy atom. The number of thioether (sulfide) groups is 1. The molecule has 2 heterocycles. The highest BCUT2D eigenvalue weighted by Gasteiger charge is 2.09. The summed E-state index contributed by atoms with van der Waals surface area (Å²) in [5.41, 5.74) is 0.996. The summed E-state index contributed by atoms with van der Waals surface area (Å²) in [4.78, 5) is 17.2. The summed E-state index contributed by atoms with van der Waals surface area (Å²) >= 11 is 1.62. The molecule has 0 fully saturated rings. The lowest BCUT2D eigenvalue weighted by atomic mass is 10.3. The van der Waals surface area contributed by atoms with Gasteiger partial charge in [0.2, 0.25) is 0 Å². The van der Waals surface area contributed by atoms with E-state index in [1.807, 2.05) is 30.5 Å². The van der Waals surface area contributed by atoms with Gasteiger partial charge in [0.15, 0.2) is 11.5 Å². The van der Waals surface area contributed by atoms with Crippen LogP contribution in [-0.4, -0.2) is 31.9 Å². The molecule has 0 aliphatic carbocycles. The van der Waals surface area contributed by atoms with Gasteiger partial charge in [0, 0.05) is 23.0 Å². The Hall–Kier alpha value is -2.67. The predicted octanol–water partition coefficient (Wildman–Crippen LogP) is 2.64. The number of nitrogens with zero attached hydrogens (tertiary/aromatic N) is 4. The van der Waals surface area contributed by atoms with Crippen LogP contribution in [-0.2, 0) is 0 Å². The van der Waals surface area contributed by atoms with Gasteiger partial charge in [-0.1, -0.05) is 6.07 Å². The number of aromatic nitrogens is 4. The molecule has 0 saturated heterocycles. The van der Waals surface area contributed by atoms with E-state index in [4.69, 9.17) is 0 Å². The molecular formula is C15H13N5OS. The average Bonchev–Trinajstić information content (AvgIpc) is 3.09. The van der Waals surface area contributed by atoms with Crippen molar-refractivity contribution >= 4 is 23.4 Å². The molecule has 0 bridgehead atoms. The van der Waals surface area contributed by atoms with Crippen molar-refractivity contribution < 1.29 is 4.79 Å². The number of hydrogen-bond donors (Lipinski definition) is 1. The zero-order chi connectivity index (χ0) is 15.4. The molecular weight excluding hydrogens is 298 g/mol. The first kappa shape index (κ1) is 14.3. The van der Waals surface area contributed by atoms with E-state index in [0.717, 1.165) is 10.6 Å². The summed E-state index contributed by atoms with van der Waals surface area (Å²) in [6.07, 6.45) is 7.03. The second-order valence-corrected chi connectivity index (χ2v) is 5.31. The van der Waals surface area contributed by atoms with Crippen LogP contribution in [0.15, 0.2) is 60.0 Å². The summed E-state index contributed by atoms with van der Waals surface area (Å²) in [7, 11) is 0. The van der Waals surface area contributed by atoms with Gasteiger partial charge in [-0.05, 0) is 36.6 Å². The standard InChI is InChI=1S/C15H13N5OS/c1-22-12-4-2-3-11(9-12)17-15(21)13-5-6-14(19-18-13)20-8-7-16-10-20/h2-10H,1H3,(H,17,21). The van der Waals surface area contributed by atoms with Crippen LogP contribution in [0.3, 0.4) is 0 Å². The number of amides is 1. The summed E-state index contributed by atoms with van der Waals surface area (Å²) in [5, 5.41) is 10.8. The smallest absolute Gasteiger partial charge is 0.276 e. The minimum atomic E-state index is -0.289. The molecule has 2 aromatic heterocycles. The molecule has 0 aliphatic heterocycles. The Kier molecular flexibility index (Phi) is 4.15. The van der Waals surface area contributed by atoms with Crippen LogP contribution in [0.1, 0.15) is 10.5 Å². The third-order valence-corrected chi connectivity index (χ3v) is 3.70. The van der Waals surface area contributed by atoms with Crippen LogP contribution >= 0.6 is 11.8 Å². The van der Waals surface area contributed by atoms with E-state index in [1.54, 1.807) is 47.2 Å². The number of carbonyl (C=O) groups is 1. The fourth-order valence-electron chi connectivity index (χ4n) is 1.87. The van der Waals surface area contributed by atoms with Crippen molar-refractivity contribution in [1.82, 2.24) is 19.7 Å². The van der Waals surface area contributed by atoms with Crippen molar-refractivity contribution in [2.45, 2.75) is 4.90 Å². The van der Waals surface area contributed by atoms with Gasteiger partial charge in [-0.25, -0.2) is 4.98 Å². The highest BCUT2D eigenvalue weighted by molar-refractivity contribution is 7.98. The number of imidazole rings is 1. The van der Waals surface area contributed by atoms with Crippen molar-refractivity contribution in [3.8, 4) is 5.82 Å². The average molecular weight is 311 g/mol. The van der Waals surface area contributed by atoms with E-state index >= 15 is 0 Å². The largest absolute Gasteiger partial charge is 0.321 e. The van der Waals surface area contributed by atoms with Crippen molar-refractivity contribution in [2.24, 2.45) is 0 Å². The monoisotopic (exact) mass is 311 g/mol. The van der Waals surface area contributed by atoms with Crippen molar-refractivity contribution in [3.63, 3.8) is 0 Å². The summed E-state index contributed by atoms with van der Waals surface area (Å²) in [5.74, 6) is 0.321. The van der Waals surface area contributed by atoms with E-state index in [-0.39, 0.29) is 11.6 Å². The molecule has 0 spiro atoms. The van der Waals surface area contributed by atoms with Crippen molar-refractivity contribution in [3.05, 3.63) is 60.8 Å². The van der Waals surface area contributed by atoms with E-state index < -0.39 is 0 Å². The second-order valence-electron chi connectivity index (χ2n) is 4.43. The molecule has 0 atom stereocenters. The molecule has 7 heteroatoms. The first-order valence-electron chi connectivity index (χ1n) is 6.54. The van der Waals surface area contributed by atoms with Gasteiger partial charge in [0.1, 0.15) is 6.33 Å². The maximum absolute atomic E-state index is 12.2. The Labute approximate surface area is 131 Å². The highest BCUT2D eigenvalue weighted by Crippen LogP contribution is 2.19. The number of anilines is 1. The van der Waals surface area contributed by atoms with Gasteiger partial charge in [0.05, 0.1) is 0 Å². The van der Waals surface area contributed by atoms with E-state index in [1.165, 1.54) is 0 Å². The fraction of sp³-hybridized carbons (Fsp3) is 0.0667. The number of hydrogen-bond acceptors (Lipinski definition) is 5. The minimum absolute atomic E-state index is 0.262. The topological polar surface area (TPSA) is 72.7 Å². The molecule has 1 aromatic carbocycles. The third-order valence-electron chi connectivity index (χ3n) is 2.98. The zero-order valence-electron chi connectivity index (χ0n) is 11.8. The van der Waals surface area contributed by atoms with Crippen LogP contribution in [0.5, 0.6) is 0 Å². The lowest BCUT2D eigenvalue weighted by Crippen LogP contribution is -2.14. The summed E-state index contributed by atoms with van der Waals surface area (Å²) in [6.45, 7) is 0. The Morgan fingerprint density at radius 2 is 2.14 bits per heavy atom. The number of rotatable bonds is 4.